The molecule has 4 heterocycles. The van der Waals surface area contributed by atoms with Crippen LogP contribution in [0, 0.1) is 5.41 Å². The van der Waals surface area contributed by atoms with Gasteiger partial charge in [-0.05, 0) is 37.2 Å². The van der Waals surface area contributed by atoms with Gasteiger partial charge < -0.3 is 10.6 Å². The number of hydrogen-bond donors (Lipinski definition) is 2. The summed E-state index contributed by atoms with van der Waals surface area (Å²) in [5.41, 5.74) is 9.14. The van der Waals surface area contributed by atoms with Gasteiger partial charge >= 0.3 is 0 Å². The number of rotatable bonds is 2. The molecule has 2 aliphatic rings. The lowest BCUT2D eigenvalue weighted by Gasteiger charge is -2.39. The van der Waals surface area contributed by atoms with Gasteiger partial charge in [-0.15, -0.1) is 0 Å². The number of nitrogens with one attached hydrogen (secondary N) is 1. The average molecular weight is 384 g/mol. The molecule has 27 heavy (non-hydrogen) atoms. The van der Waals surface area contributed by atoms with Crippen molar-refractivity contribution in [3.8, 4) is 11.3 Å². The van der Waals surface area contributed by atoms with Crippen molar-refractivity contribution in [2.75, 3.05) is 23.7 Å². The predicted molar refractivity (Wildman–Crippen MR) is 107 cm³/mol. The SMILES string of the molecule is Nc1nccc(-c2[nH]nc3nc(N4CCC5(CCCC5)CC4)cnc23)c1Cl. The van der Waals surface area contributed by atoms with Crippen LogP contribution in [0.15, 0.2) is 18.5 Å². The van der Waals surface area contributed by atoms with Crippen molar-refractivity contribution >= 4 is 34.4 Å². The minimum absolute atomic E-state index is 0.288. The first-order chi connectivity index (χ1) is 13.2. The van der Waals surface area contributed by atoms with E-state index in [1.807, 2.05) is 6.20 Å². The number of fused-ring (bicyclic) bond motifs is 1. The highest BCUT2D eigenvalue weighted by atomic mass is 35.5. The van der Waals surface area contributed by atoms with E-state index < -0.39 is 0 Å². The van der Waals surface area contributed by atoms with Crippen molar-refractivity contribution in [2.45, 2.75) is 38.5 Å². The maximum Gasteiger partial charge on any atom is 0.202 e. The molecule has 1 spiro atoms. The number of piperidine rings is 1. The number of hydrogen-bond acceptors (Lipinski definition) is 6. The van der Waals surface area contributed by atoms with Gasteiger partial charge in [0.05, 0.1) is 16.9 Å². The normalized spacial score (nSPS) is 19.2. The highest BCUT2D eigenvalue weighted by Crippen LogP contribution is 2.46. The Morgan fingerprint density at radius 1 is 1.11 bits per heavy atom. The topological polar surface area (TPSA) is 96.6 Å². The molecule has 140 valence electrons. The summed E-state index contributed by atoms with van der Waals surface area (Å²) in [6.45, 7) is 2.09. The highest BCUT2D eigenvalue weighted by Gasteiger charge is 2.37. The third-order valence-corrected chi connectivity index (χ3v) is 6.65. The third kappa shape index (κ3) is 2.81. The Balaban J connectivity index is 1.43. The number of anilines is 2. The van der Waals surface area contributed by atoms with Gasteiger partial charge in [-0.25, -0.2) is 15.0 Å². The first-order valence-electron chi connectivity index (χ1n) is 9.52. The van der Waals surface area contributed by atoms with Crippen molar-refractivity contribution in [3.63, 3.8) is 0 Å². The molecule has 1 aliphatic carbocycles. The molecule has 5 rings (SSSR count). The lowest BCUT2D eigenvalue weighted by Crippen LogP contribution is -2.39. The lowest BCUT2D eigenvalue weighted by molar-refractivity contribution is 0.226. The fourth-order valence-electron chi connectivity index (χ4n) is 4.61. The molecule has 1 aliphatic heterocycles. The van der Waals surface area contributed by atoms with E-state index in [1.165, 1.54) is 38.5 Å². The number of aromatic amines is 1. The van der Waals surface area contributed by atoms with Crippen molar-refractivity contribution in [2.24, 2.45) is 5.41 Å². The number of nitrogens with two attached hydrogens (primary N) is 1. The Morgan fingerprint density at radius 3 is 2.67 bits per heavy atom. The van der Waals surface area contributed by atoms with E-state index in [9.17, 15) is 0 Å². The van der Waals surface area contributed by atoms with E-state index in [-0.39, 0.29) is 5.82 Å². The van der Waals surface area contributed by atoms with Crippen molar-refractivity contribution in [3.05, 3.63) is 23.5 Å². The Kier molecular flexibility index (Phi) is 3.93. The zero-order valence-electron chi connectivity index (χ0n) is 15.1. The molecule has 7 nitrogen and oxygen atoms in total. The van der Waals surface area contributed by atoms with Gasteiger partial charge in [-0.3, -0.25) is 5.10 Å². The quantitative estimate of drug-likeness (QED) is 0.698. The van der Waals surface area contributed by atoms with Crippen molar-refractivity contribution in [1.29, 1.82) is 0 Å². The van der Waals surface area contributed by atoms with Gasteiger partial charge in [-0.2, -0.15) is 5.10 Å². The fraction of sp³-hybridized carbons (Fsp3) is 0.474. The first-order valence-corrected chi connectivity index (χ1v) is 9.89. The first kappa shape index (κ1) is 16.7. The molecule has 8 heteroatoms. The molecule has 3 N–H and O–H groups in total. The number of H-pyrrole nitrogens is 1. The van der Waals surface area contributed by atoms with E-state index in [1.54, 1.807) is 12.3 Å². The van der Waals surface area contributed by atoms with E-state index in [4.69, 9.17) is 22.3 Å². The van der Waals surface area contributed by atoms with E-state index in [0.29, 0.717) is 27.3 Å². The molecular formula is C19H22ClN7. The number of nitrogen functional groups attached to an aromatic ring is 1. The van der Waals surface area contributed by atoms with Crippen LogP contribution in [0.25, 0.3) is 22.4 Å². The van der Waals surface area contributed by atoms with Crippen LogP contribution in [0.5, 0.6) is 0 Å². The number of halogens is 1. The van der Waals surface area contributed by atoms with Gasteiger partial charge in [0.15, 0.2) is 0 Å². The van der Waals surface area contributed by atoms with Crippen LogP contribution in [-0.4, -0.2) is 38.2 Å². The van der Waals surface area contributed by atoms with Gasteiger partial charge in [0, 0.05) is 24.8 Å². The summed E-state index contributed by atoms with van der Waals surface area (Å²) in [6, 6.07) is 1.80. The van der Waals surface area contributed by atoms with E-state index >= 15 is 0 Å². The molecule has 3 aromatic rings. The molecule has 0 radical (unpaired) electrons. The zero-order chi connectivity index (χ0) is 18.4. The number of nitrogens with zero attached hydrogens (tertiary/aromatic N) is 5. The molecule has 3 aromatic heterocycles. The summed E-state index contributed by atoms with van der Waals surface area (Å²) in [5.74, 6) is 1.18. The van der Waals surface area contributed by atoms with Gasteiger partial charge in [-0.1, -0.05) is 24.4 Å². The van der Waals surface area contributed by atoms with Crippen molar-refractivity contribution < 1.29 is 0 Å². The monoisotopic (exact) mass is 383 g/mol. The maximum absolute atomic E-state index is 6.31. The number of pyridine rings is 1. The van der Waals surface area contributed by atoms with Crippen molar-refractivity contribution in [1.82, 2.24) is 25.1 Å². The second kappa shape index (κ2) is 6.34. The molecule has 0 amide bonds. The predicted octanol–water partition coefficient (Wildman–Crippen LogP) is 3.81. The zero-order valence-corrected chi connectivity index (χ0v) is 15.8. The highest BCUT2D eigenvalue weighted by molar-refractivity contribution is 6.35. The van der Waals surface area contributed by atoms with Crippen LogP contribution < -0.4 is 10.6 Å². The minimum Gasteiger partial charge on any atom is -0.382 e. The second-order valence-electron chi connectivity index (χ2n) is 7.75. The summed E-state index contributed by atoms with van der Waals surface area (Å²) >= 11 is 6.31. The number of aromatic nitrogens is 5. The lowest BCUT2D eigenvalue weighted by atomic mass is 9.77. The van der Waals surface area contributed by atoms with Gasteiger partial charge in [0.2, 0.25) is 5.65 Å². The smallest absolute Gasteiger partial charge is 0.202 e. The largest absolute Gasteiger partial charge is 0.382 e. The molecule has 0 aromatic carbocycles. The second-order valence-corrected chi connectivity index (χ2v) is 8.13. The van der Waals surface area contributed by atoms with E-state index in [0.717, 1.165) is 24.5 Å². The summed E-state index contributed by atoms with van der Waals surface area (Å²) < 4.78 is 0. The Morgan fingerprint density at radius 2 is 1.89 bits per heavy atom. The summed E-state index contributed by atoms with van der Waals surface area (Å²) in [5, 5.41) is 7.75. The van der Waals surface area contributed by atoms with E-state index in [2.05, 4.69) is 25.1 Å². The Bertz CT molecular complexity index is 983. The van der Waals surface area contributed by atoms with Crippen LogP contribution in [0.4, 0.5) is 11.6 Å². The van der Waals surface area contributed by atoms with Gasteiger partial charge in [0.1, 0.15) is 17.2 Å². The Hall–Kier alpha value is -2.41. The molecular weight excluding hydrogens is 362 g/mol. The molecule has 2 fully saturated rings. The van der Waals surface area contributed by atoms with Crippen LogP contribution in [0.3, 0.4) is 0 Å². The third-order valence-electron chi connectivity index (χ3n) is 6.25. The summed E-state index contributed by atoms with van der Waals surface area (Å²) in [6.07, 6.45) is 11.5. The van der Waals surface area contributed by atoms with Crippen LogP contribution in [0.2, 0.25) is 5.02 Å². The maximum atomic E-state index is 6.31. The standard InChI is InChI=1S/C19H22ClN7/c20-14-12(3-8-22-17(14)21)15-16-18(26-25-15)24-13(11-23-16)27-9-6-19(7-10-27)4-1-2-5-19/h3,8,11H,1-2,4-7,9-10H2,(H2,21,22)(H,24,25,26). The van der Waals surface area contributed by atoms with Gasteiger partial charge in [0.25, 0.3) is 0 Å². The van der Waals surface area contributed by atoms with Crippen LogP contribution >= 0.6 is 11.6 Å². The summed E-state index contributed by atoms with van der Waals surface area (Å²) in [4.78, 5) is 15.7. The fourth-order valence-corrected chi connectivity index (χ4v) is 4.82. The molecule has 0 atom stereocenters. The average Bonchev–Trinajstić information content (AvgIpc) is 3.31. The molecule has 0 unspecified atom stereocenters. The molecule has 1 saturated carbocycles. The summed E-state index contributed by atoms with van der Waals surface area (Å²) in [7, 11) is 0. The van der Waals surface area contributed by atoms with Crippen LogP contribution in [-0.2, 0) is 0 Å². The Labute approximate surface area is 162 Å². The molecule has 1 saturated heterocycles. The van der Waals surface area contributed by atoms with Crippen LogP contribution in [0.1, 0.15) is 38.5 Å². The molecule has 0 bridgehead atoms. The minimum atomic E-state index is 0.288.